The van der Waals surface area contributed by atoms with Gasteiger partial charge in [-0.1, -0.05) is 65.8 Å². The molecule has 11 nitrogen and oxygen atoms in total. The number of rotatable bonds is 12. The predicted octanol–water partition coefficient (Wildman–Crippen LogP) is 12.3. The van der Waals surface area contributed by atoms with Crippen molar-refractivity contribution >= 4 is 11.6 Å². The fourth-order valence-electron chi connectivity index (χ4n) is 10.1. The van der Waals surface area contributed by atoms with E-state index in [0.717, 1.165) is 36.1 Å². The molecule has 4 aromatic carbocycles. The number of halogens is 13. The third-order valence-electron chi connectivity index (χ3n) is 14.8. The molecule has 2 N–H and O–H groups in total. The SMILES string of the molecule is C[C@@H](OCC1(c2ccccc2)CCC2(CC1)COc1nncn12)c1cc(C(F)(F)F)cc(C(F)(F)F)c1.C[C@@H](OC[C@@]1(c2ccccc2)CC[C@](CCl)(n2cn[nH]c2=O)CN1)c1cc(C(F)(F)F)cc(C(F)(F)F)c1. The molecule has 2 fully saturated rings. The Balaban J connectivity index is 0.000000199. The smallest absolute Gasteiger partial charge is 0.416 e. The van der Waals surface area contributed by atoms with E-state index in [2.05, 4.69) is 25.7 Å². The van der Waals surface area contributed by atoms with Gasteiger partial charge in [-0.25, -0.2) is 9.89 Å². The lowest BCUT2D eigenvalue weighted by Crippen LogP contribution is -2.61. The summed E-state index contributed by atoms with van der Waals surface area (Å²) in [5.74, 6) is 0.103. The van der Waals surface area contributed by atoms with Gasteiger partial charge >= 0.3 is 36.4 Å². The first kappa shape index (κ1) is 55.3. The van der Waals surface area contributed by atoms with Crippen LogP contribution in [0, 0.1) is 0 Å². The van der Waals surface area contributed by atoms with Gasteiger partial charge in [-0.3, -0.25) is 9.13 Å². The van der Waals surface area contributed by atoms with Gasteiger partial charge in [0.25, 0.3) is 0 Å². The number of piperidine rings is 1. The largest absolute Gasteiger partial charge is 0.461 e. The molecular weight excluding hydrogens is 1040 g/mol. The Kier molecular flexibility index (Phi) is 15.4. The fraction of sp³-hybridized carbons (Fsp3) is 0.451. The monoisotopic (exact) mass is 1090 g/mol. The number of nitrogens with zero attached hydrogens (tertiary/aromatic N) is 5. The van der Waals surface area contributed by atoms with Crippen LogP contribution in [0.3, 0.4) is 0 Å². The molecule has 1 saturated heterocycles. The Morgan fingerprint density at radius 3 is 1.57 bits per heavy atom. The van der Waals surface area contributed by atoms with Gasteiger partial charge in [0, 0.05) is 17.8 Å². The normalized spacial score (nSPS) is 24.0. The molecule has 0 unspecified atom stereocenters. The topological polar surface area (TPSA) is 121 Å². The second-order valence-corrected chi connectivity index (χ2v) is 19.7. The van der Waals surface area contributed by atoms with Crippen molar-refractivity contribution in [2.24, 2.45) is 0 Å². The van der Waals surface area contributed by atoms with Crippen molar-refractivity contribution in [3.63, 3.8) is 0 Å². The summed E-state index contributed by atoms with van der Waals surface area (Å²) in [7, 11) is 0. The summed E-state index contributed by atoms with van der Waals surface area (Å²) in [5.41, 5.74) is -6.89. The van der Waals surface area contributed by atoms with Crippen LogP contribution in [-0.2, 0) is 56.2 Å². The third-order valence-corrected chi connectivity index (χ3v) is 15.3. The van der Waals surface area contributed by atoms with E-state index < -0.39 is 81.3 Å². The summed E-state index contributed by atoms with van der Waals surface area (Å²) in [5, 5.41) is 17.5. The molecule has 2 aliphatic heterocycles. The Morgan fingerprint density at radius 1 is 0.640 bits per heavy atom. The molecular formula is C51H50ClF12N7O4. The van der Waals surface area contributed by atoms with Crippen LogP contribution in [-0.4, -0.2) is 61.8 Å². The van der Waals surface area contributed by atoms with Crippen molar-refractivity contribution in [3.8, 4) is 6.01 Å². The second-order valence-electron chi connectivity index (χ2n) is 19.4. The number of ether oxygens (including phenoxy) is 3. The molecule has 2 aromatic heterocycles. The van der Waals surface area contributed by atoms with Gasteiger partial charge in [0.2, 0.25) is 0 Å². The minimum Gasteiger partial charge on any atom is -0.461 e. The minimum atomic E-state index is -4.96. The number of alkyl halides is 13. The highest BCUT2D eigenvalue weighted by Gasteiger charge is 2.50. The van der Waals surface area contributed by atoms with Gasteiger partial charge in [-0.15, -0.1) is 16.7 Å². The van der Waals surface area contributed by atoms with Crippen molar-refractivity contribution < 1.29 is 66.9 Å². The number of aromatic amines is 1. The van der Waals surface area contributed by atoms with Crippen LogP contribution in [0.4, 0.5) is 52.7 Å². The van der Waals surface area contributed by atoms with Gasteiger partial charge in [-0.2, -0.15) is 57.8 Å². The average Bonchev–Trinajstić information content (AvgIpc) is 4.14. The van der Waals surface area contributed by atoms with Crippen molar-refractivity contribution in [3.05, 3.63) is 165 Å². The lowest BCUT2D eigenvalue weighted by molar-refractivity contribution is -0.145. The summed E-state index contributed by atoms with van der Waals surface area (Å²) < 4.78 is 181. The van der Waals surface area contributed by atoms with Crippen LogP contribution in [0.1, 0.15) is 109 Å². The van der Waals surface area contributed by atoms with Crippen molar-refractivity contribution in [1.82, 2.24) is 34.8 Å². The van der Waals surface area contributed by atoms with Crippen LogP contribution in [0.15, 0.2) is 115 Å². The number of H-pyrrole nitrogens is 1. The molecule has 0 amide bonds. The van der Waals surface area contributed by atoms with E-state index in [-0.39, 0.29) is 54.4 Å². The first-order valence-corrected chi connectivity index (χ1v) is 24.1. The van der Waals surface area contributed by atoms with E-state index in [0.29, 0.717) is 50.4 Å². The molecule has 404 valence electrons. The maximum atomic E-state index is 13.4. The molecule has 6 aromatic rings. The molecule has 75 heavy (non-hydrogen) atoms. The summed E-state index contributed by atoms with van der Waals surface area (Å²) >= 11 is 6.29. The zero-order valence-corrected chi connectivity index (χ0v) is 40.9. The van der Waals surface area contributed by atoms with Gasteiger partial charge < -0.3 is 19.5 Å². The van der Waals surface area contributed by atoms with Crippen molar-refractivity contribution in [1.29, 1.82) is 0 Å². The van der Waals surface area contributed by atoms with Crippen LogP contribution in [0.2, 0.25) is 0 Å². The Bertz CT molecular complexity index is 2880. The predicted molar refractivity (Wildman–Crippen MR) is 249 cm³/mol. The standard InChI is InChI=1S/C26H25F6N3O2.C25H25ClF6N4O2/c1-17(18-11-20(25(27,28)29)13-21(12-18)26(30,31)32)36-14-23(19-5-3-2-4-6-19)7-9-24(10-8-23)15-37-22-34-33-16-35(22)24;1-16(17-9-19(24(27,28)29)11-20(10-17)25(30,31)32)38-14-23(18-5-3-2-4-6-18)8-7-22(12-26,13-33-23)36-15-34-35-21(36)37/h2-6,11-13,16-17H,7-10,14-15H2,1H3;2-6,9-11,15-16,33H,7-8,12-14H2,1H3,(H,35,37)/t17-,23?,24?;16-,22-,23-/m11/s1. The first-order valence-electron chi connectivity index (χ1n) is 23.6. The second kappa shape index (κ2) is 20.9. The number of hydrogen-bond acceptors (Lipinski definition) is 8. The van der Waals surface area contributed by atoms with Crippen LogP contribution in [0.5, 0.6) is 6.01 Å². The highest BCUT2D eigenvalue weighted by atomic mass is 35.5. The zero-order chi connectivity index (χ0) is 54.2. The maximum Gasteiger partial charge on any atom is 0.416 e. The number of hydrogen-bond donors (Lipinski definition) is 2. The summed E-state index contributed by atoms with van der Waals surface area (Å²) in [6, 6.07) is 22.3. The van der Waals surface area contributed by atoms with Gasteiger partial charge in [0.05, 0.1) is 64.3 Å². The van der Waals surface area contributed by atoms with E-state index in [9.17, 15) is 57.5 Å². The molecule has 9 rings (SSSR count). The van der Waals surface area contributed by atoms with Crippen LogP contribution < -0.4 is 15.7 Å². The Hall–Kier alpha value is -5.91. The summed E-state index contributed by atoms with van der Waals surface area (Å²) in [6.45, 7) is 3.68. The minimum absolute atomic E-state index is 0.0611. The first-order chi connectivity index (χ1) is 35.2. The highest BCUT2D eigenvalue weighted by molar-refractivity contribution is 6.18. The summed E-state index contributed by atoms with van der Waals surface area (Å²) in [4.78, 5) is 12.3. The highest BCUT2D eigenvalue weighted by Crippen LogP contribution is 2.50. The Morgan fingerprint density at radius 2 is 1.13 bits per heavy atom. The molecule has 0 radical (unpaired) electrons. The van der Waals surface area contributed by atoms with Gasteiger partial charge in [-0.05, 0) is 111 Å². The van der Waals surface area contributed by atoms with Gasteiger partial charge in [0.1, 0.15) is 19.3 Å². The van der Waals surface area contributed by atoms with E-state index in [1.165, 1.54) is 24.7 Å². The van der Waals surface area contributed by atoms with E-state index in [1.807, 2.05) is 65.2 Å². The Labute approximate surface area is 426 Å². The van der Waals surface area contributed by atoms with Crippen molar-refractivity contribution in [2.45, 2.75) is 111 Å². The fourth-order valence-corrected chi connectivity index (χ4v) is 10.5. The molecule has 1 aliphatic carbocycles. The summed E-state index contributed by atoms with van der Waals surface area (Å²) in [6.07, 6.45) is -15.1. The van der Waals surface area contributed by atoms with Gasteiger partial charge in [0.15, 0.2) is 0 Å². The number of fused-ring (bicyclic) bond motifs is 2. The quantitative estimate of drug-likeness (QED) is 0.0918. The lowest BCUT2D eigenvalue weighted by Gasteiger charge is -2.47. The number of nitrogens with one attached hydrogen (secondary N) is 2. The van der Waals surface area contributed by atoms with Crippen molar-refractivity contribution in [2.75, 3.05) is 32.2 Å². The van der Waals surface area contributed by atoms with Crippen LogP contribution in [0.25, 0.3) is 0 Å². The molecule has 1 spiro atoms. The number of benzene rings is 4. The van der Waals surface area contributed by atoms with E-state index >= 15 is 0 Å². The van der Waals surface area contributed by atoms with Crippen LogP contribution >= 0.6 is 11.6 Å². The molecule has 0 bridgehead atoms. The van der Waals surface area contributed by atoms with E-state index in [4.69, 9.17) is 25.8 Å². The number of aromatic nitrogens is 6. The maximum absolute atomic E-state index is 13.4. The van der Waals surface area contributed by atoms with E-state index in [1.54, 1.807) is 6.33 Å². The molecule has 1 saturated carbocycles. The lowest BCUT2D eigenvalue weighted by atomic mass is 9.64. The average molecular weight is 1090 g/mol. The zero-order valence-electron chi connectivity index (χ0n) is 40.1. The molecule has 4 atom stereocenters. The molecule has 24 heteroatoms. The molecule has 4 heterocycles. The molecule has 3 aliphatic rings. The third kappa shape index (κ3) is 11.8.